The predicted molar refractivity (Wildman–Crippen MR) is 91.9 cm³/mol. The quantitative estimate of drug-likeness (QED) is 0.756. The van der Waals surface area contributed by atoms with Crippen molar-refractivity contribution in [2.45, 2.75) is 13.8 Å². The Kier molecular flexibility index (Phi) is 3.88. The summed E-state index contributed by atoms with van der Waals surface area (Å²) < 4.78 is 0. The molecule has 2 N–H and O–H groups in total. The molecule has 2 aromatic carbocycles. The third-order valence-corrected chi connectivity index (χ3v) is 3.63. The Morgan fingerprint density at radius 1 is 1.22 bits per heavy atom. The van der Waals surface area contributed by atoms with Crippen LogP contribution in [-0.4, -0.2) is 15.9 Å². The van der Waals surface area contributed by atoms with Gasteiger partial charge in [0.2, 0.25) is 5.91 Å². The van der Waals surface area contributed by atoms with Gasteiger partial charge in [-0.25, -0.2) is 4.98 Å². The highest BCUT2D eigenvalue weighted by Crippen LogP contribution is 2.28. The van der Waals surface area contributed by atoms with Crippen LogP contribution < -0.4 is 10.9 Å². The predicted octanol–water partition coefficient (Wildman–Crippen LogP) is 3.51. The molecule has 1 amide bonds. The normalized spacial score (nSPS) is 10.7. The second-order valence-electron chi connectivity index (χ2n) is 5.31. The van der Waals surface area contributed by atoms with Gasteiger partial charge < -0.3 is 10.3 Å². The number of rotatable bonds is 2. The summed E-state index contributed by atoms with van der Waals surface area (Å²) in [5.41, 5.74) is 3.22. The van der Waals surface area contributed by atoms with Crippen LogP contribution in [0.3, 0.4) is 0 Å². The molecule has 116 valence electrons. The van der Waals surface area contributed by atoms with Gasteiger partial charge in [0, 0.05) is 17.5 Å². The van der Waals surface area contributed by atoms with Crippen LogP contribution >= 0.6 is 11.6 Å². The van der Waals surface area contributed by atoms with Crippen LogP contribution in [0.5, 0.6) is 0 Å². The molecule has 3 rings (SSSR count). The Bertz CT molecular complexity index is 979. The van der Waals surface area contributed by atoms with E-state index in [4.69, 9.17) is 11.6 Å². The van der Waals surface area contributed by atoms with Gasteiger partial charge in [0.25, 0.3) is 5.56 Å². The van der Waals surface area contributed by atoms with Gasteiger partial charge in [-0.3, -0.25) is 9.59 Å². The highest BCUT2D eigenvalue weighted by Gasteiger charge is 2.13. The summed E-state index contributed by atoms with van der Waals surface area (Å²) in [7, 11) is 0. The zero-order chi connectivity index (χ0) is 16.6. The molecule has 5 nitrogen and oxygen atoms in total. The van der Waals surface area contributed by atoms with E-state index in [0.29, 0.717) is 27.3 Å². The maximum Gasteiger partial charge on any atom is 0.275 e. The first-order valence-electron chi connectivity index (χ1n) is 7.02. The number of benzene rings is 2. The van der Waals surface area contributed by atoms with Gasteiger partial charge in [-0.2, -0.15) is 0 Å². The van der Waals surface area contributed by atoms with Crippen LogP contribution in [0.15, 0.2) is 41.2 Å². The molecule has 3 aromatic rings. The molecule has 0 radical (unpaired) electrons. The smallest absolute Gasteiger partial charge is 0.275 e. The second kappa shape index (κ2) is 5.85. The molecule has 1 heterocycles. The van der Waals surface area contributed by atoms with Crippen molar-refractivity contribution in [3.63, 3.8) is 0 Å². The summed E-state index contributed by atoms with van der Waals surface area (Å²) in [4.78, 5) is 31.1. The first-order chi connectivity index (χ1) is 10.9. The van der Waals surface area contributed by atoms with Crippen LogP contribution in [0, 0.1) is 6.92 Å². The van der Waals surface area contributed by atoms with Gasteiger partial charge in [0.05, 0.1) is 16.7 Å². The fourth-order valence-electron chi connectivity index (χ4n) is 2.39. The third kappa shape index (κ3) is 3.10. The Hall–Kier alpha value is -2.66. The molecule has 6 heteroatoms. The summed E-state index contributed by atoms with van der Waals surface area (Å²) in [6.45, 7) is 3.34. The van der Waals surface area contributed by atoms with Crippen molar-refractivity contribution in [2.75, 3.05) is 5.32 Å². The average Bonchev–Trinajstić information content (AvgIpc) is 2.48. The van der Waals surface area contributed by atoms with E-state index in [-0.39, 0.29) is 17.2 Å². The number of halogens is 1. The lowest BCUT2D eigenvalue weighted by atomic mass is 10.1. The van der Waals surface area contributed by atoms with Gasteiger partial charge in [0.15, 0.2) is 0 Å². The standard InChI is InChI=1S/C17H14ClN3O2/c1-9-3-5-14-15(7-9)21-17(23)16(20-14)12-8-11(18)4-6-13(12)19-10(2)22/h3-8H,1-2H3,(H,19,22)(H,21,23). The lowest BCUT2D eigenvalue weighted by Crippen LogP contribution is -2.14. The summed E-state index contributed by atoms with van der Waals surface area (Å²) in [5, 5.41) is 3.15. The molecular formula is C17H14ClN3O2. The molecule has 0 saturated heterocycles. The van der Waals surface area contributed by atoms with Gasteiger partial charge in [-0.15, -0.1) is 0 Å². The lowest BCUT2D eigenvalue weighted by Gasteiger charge is -2.10. The number of aryl methyl sites for hydroxylation is 1. The number of aromatic amines is 1. The van der Waals surface area contributed by atoms with Crippen LogP contribution in [-0.2, 0) is 4.79 Å². The maximum absolute atomic E-state index is 12.4. The summed E-state index contributed by atoms with van der Waals surface area (Å²) >= 11 is 6.04. The molecule has 0 fully saturated rings. The maximum atomic E-state index is 12.4. The molecule has 0 atom stereocenters. The first-order valence-corrected chi connectivity index (χ1v) is 7.40. The third-order valence-electron chi connectivity index (χ3n) is 3.40. The fourth-order valence-corrected chi connectivity index (χ4v) is 2.57. The van der Waals surface area contributed by atoms with E-state index in [1.165, 1.54) is 6.92 Å². The van der Waals surface area contributed by atoms with E-state index in [9.17, 15) is 9.59 Å². The second-order valence-corrected chi connectivity index (χ2v) is 5.74. The monoisotopic (exact) mass is 327 g/mol. The van der Waals surface area contributed by atoms with Crippen LogP contribution in [0.2, 0.25) is 5.02 Å². The molecule has 0 bridgehead atoms. The van der Waals surface area contributed by atoms with Crippen molar-refractivity contribution in [2.24, 2.45) is 0 Å². The SMILES string of the molecule is CC(=O)Nc1ccc(Cl)cc1-c1nc2ccc(C)cc2[nH]c1=O. The Morgan fingerprint density at radius 2 is 2.00 bits per heavy atom. The number of carbonyl (C=O) groups excluding carboxylic acids is 1. The lowest BCUT2D eigenvalue weighted by molar-refractivity contribution is -0.114. The van der Waals surface area contributed by atoms with Crippen molar-refractivity contribution < 1.29 is 4.79 Å². The molecule has 1 aromatic heterocycles. The highest BCUT2D eigenvalue weighted by atomic mass is 35.5. The van der Waals surface area contributed by atoms with Gasteiger partial charge in [0.1, 0.15) is 5.69 Å². The molecule has 0 spiro atoms. The van der Waals surface area contributed by atoms with E-state index in [0.717, 1.165) is 5.56 Å². The number of fused-ring (bicyclic) bond motifs is 1. The van der Waals surface area contributed by atoms with Crippen molar-refractivity contribution in [1.82, 2.24) is 9.97 Å². The van der Waals surface area contributed by atoms with Crippen LogP contribution in [0.25, 0.3) is 22.3 Å². The topological polar surface area (TPSA) is 74.8 Å². The van der Waals surface area contributed by atoms with E-state index in [1.807, 2.05) is 25.1 Å². The van der Waals surface area contributed by atoms with Gasteiger partial charge in [-0.1, -0.05) is 17.7 Å². The number of H-pyrrole nitrogens is 1. The average molecular weight is 328 g/mol. The van der Waals surface area contributed by atoms with E-state index < -0.39 is 0 Å². The molecule has 0 unspecified atom stereocenters. The van der Waals surface area contributed by atoms with Crippen molar-refractivity contribution >= 4 is 34.2 Å². The van der Waals surface area contributed by atoms with Crippen LogP contribution in [0.4, 0.5) is 5.69 Å². The molecule has 23 heavy (non-hydrogen) atoms. The Morgan fingerprint density at radius 3 is 2.74 bits per heavy atom. The number of anilines is 1. The first kappa shape index (κ1) is 15.2. The minimum Gasteiger partial charge on any atom is -0.326 e. The molecule has 0 aliphatic rings. The number of carbonyl (C=O) groups is 1. The van der Waals surface area contributed by atoms with Crippen molar-refractivity contribution in [3.05, 3.63) is 57.3 Å². The van der Waals surface area contributed by atoms with Gasteiger partial charge >= 0.3 is 0 Å². The Labute approximate surface area is 137 Å². The summed E-state index contributed by atoms with van der Waals surface area (Å²) in [6.07, 6.45) is 0. The number of hydrogen-bond donors (Lipinski definition) is 2. The molecule has 0 aliphatic heterocycles. The summed E-state index contributed by atoms with van der Waals surface area (Å²) in [5.74, 6) is -0.235. The highest BCUT2D eigenvalue weighted by molar-refractivity contribution is 6.31. The zero-order valence-electron chi connectivity index (χ0n) is 12.6. The molecule has 0 aliphatic carbocycles. The number of nitrogens with one attached hydrogen (secondary N) is 2. The van der Waals surface area contributed by atoms with E-state index in [2.05, 4.69) is 15.3 Å². The van der Waals surface area contributed by atoms with Crippen molar-refractivity contribution in [1.29, 1.82) is 0 Å². The number of amides is 1. The van der Waals surface area contributed by atoms with E-state index in [1.54, 1.807) is 18.2 Å². The van der Waals surface area contributed by atoms with E-state index >= 15 is 0 Å². The van der Waals surface area contributed by atoms with Gasteiger partial charge in [-0.05, 0) is 42.8 Å². The number of nitrogens with zero attached hydrogens (tertiary/aromatic N) is 1. The number of aromatic nitrogens is 2. The largest absolute Gasteiger partial charge is 0.326 e. The zero-order valence-corrected chi connectivity index (χ0v) is 13.4. The molecule has 0 saturated carbocycles. The summed E-state index contributed by atoms with van der Waals surface area (Å²) in [6, 6.07) is 10.5. The number of hydrogen-bond acceptors (Lipinski definition) is 3. The minimum atomic E-state index is -0.336. The minimum absolute atomic E-state index is 0.215. The van der Waals surface area contributed by atoms with Crippen LogP contribution in [0.1, 0.15) is 12.5 Å². The fraction of sp³-hybridized carbons (Fsp3) is 0.118. The molecular weight excluding hydrogens is 314 g/mol. The Balaban J connectivity index is 2.26. The van der Waals surface area contributed by atoms with Crippen molar-refractivity contribution in [3.8, 4) is 11.3 Å².